The lowest BCUT2D eigenvalue weighted by atomic mass is 10.1. The number of hydrogen-bond donors (Lipinski definition) is 1. The topological polar surface area (TPSA) is 89.0 Å². The Morgan fingerprint density at radius 1 is 1.26 bits per heavy atom. The van der Waals surface area contributed by atoms with E-state index >= 15 is 0 Å². The molecule has 19 heavy (non-hydrogen) atoms. The van der Waals surface area contributed by atoms with Crippen LogP contribution in [0.3, 0.4) is 0 Å². The molecule has 0 saturated heterocycles. The minimum absolute atomic E-state index is 0.00723. The molecule has 0 aromatic carbocycles. The molecule has 0 amide bonds. The number of halogens is 1. The molecular weight excluding hydrogens is 292 g/mol. The molecule has 0 fully saturated rings. The second kappa shape index (κ2) is 5.50. The van der Waals surface area contributed by atoms with E-state index in [1.165, 1.54) is 6.92 Å². The summed E-state index contributed by atoms with van der Waals surface area (Å²) in [7, 11) is -3.29. The summed E-state index contributed by atoms with van der Waals surface area (Å²) in [5, 5.41) is 0.00723. The lowest BCUT2D eigenvalue weighted by molar-refractivity contribution is 0.524. The Morgan fingerprint density at radius 3 is 2.21 bits per heavy atom. The summed E-state index contributed by atoms with van der Waals surface area (Å²) >= 11 is 5.85. The van der Waals surface area contributed by atoms with Crippen molar-refractivity contribution in [1.82, 2.24) is 9.55 Å². The first-order valence-electron chi connectivity index (χ1n) is 5.76. The highest BCUT2D eigenvalue weighted by Gasteiger charge is 2.21. The molecule has 0 aliphatic rings. The van der Waals surface area contributed by atoms with Gasteiger partial charge in [0, 0.05) is 6.26 Å². The van der Waals surface area contributed by atoms with Gasteiger partial charge in [-0.2, -0.15) is 0 Å². The molecule has 0 spiro atoms. The molecule has 0 aliphatic carbocycles. The summed E-state index contributed by atoms with van der Waals surface area (Å²) in [4.78, 5) is 26.4. The summed E-state index contributed by atoms with van der Waals surface area (Å²) in [6.07, 6.45) is 1.06. The van der Waals surface area contributed by atoms with Gasteiger partial charge in [-0.25, -0.2) is 13.2 Å². The fraction of sp³-hybridized carbons (Fsp3) is 0.636. The van der Waals surface area contributed by atoms with Crippen LogP contribution in [0.5, 0.6) is 0 Å². The zero-order valence-electron chi connectivity index (χ0n) is 11.2. The first kappa shape index (κ1) is 16.0. The van der Waals surface area contributed by atoms with Gasteiger partial charge >= 0.3 is 5.69 Å². The minimum atomic E-state index is -3.29. The van der Waals surface area contributed by atoms with Crippen LogP contribution in [0.25, 0.3) is 0 Å². The van der Waals surface area contributed by atoms with Gasteiger partial charge in [-0.3, -0.25) is 14.3 Å². The molecule has 108 valence electrons. The molecule has 8 heteroatoms. The lowest BCUT2D eigenvalue weighted by Gasteiger charge is -2.16. The molecule has 1 aromatic rings. The number of sulfone groups is 1. The number of aromatic nitrogens is 2. The predicted octanol–water partition coefficient (Wildman–Crippen LogP) is 0.919. The van der Waals surface area contributed by atoms with Crippen LogP contribution >= 0.6 is 11.6 Å². The largest absolute Gasteiger partial charge is 0.329 e. The van der Waals surface area contributed by atoms with Gasteiger partial charge in [0.25, 0.3) is 5.56 Å². The normalized spacial score (nSPS) is 13.8. The minimum Gasteiger partial charge on any atom is -0.297 e. The highest BCUT2D eigenvalue weighted by molar-refractivity contribution is 7.90. The van der Waals surface area contributed by atoms with Crippen molar-refractivity contribution in [3.63, 3.8) is 0 Å². The van der Waals surface area contributed by atoms with Gasteiger partial charge in [-0.05, 0) is 12.8 Å². The van der Waals surface area contributed by atoms with E-state index in [2.05, 4.69) is 4.98 Å². The summed E-state index contributed by atoms with van der Waals surface area (Å²) in [5.41, 5.74) is -0.961. The third-order valence-electron chi connectivity index (χ3n) is 2.68. The van der Waals surface area contributed by atoms with Gasteiger partial charge in [0.05, 0.1) is 17.4 Å². The summed E-state index contributed by atoms with van der Waals surface area (Å²) in [6, 6.07) is -0.749. The molecule has 1 unspecified atom stereocenters. The van der Waals surface area contributed by atoms with Crippen molar-refractivity contribution < 1.29 is 8.42 Å². The van der Waals surface area contributed by atoms with Crippen LogP contribution in [0.1, 0.15) is 38.3 Å². The van der Waals surface area contributed by atoms with E-state index in [0.29, 0.717) is 0 Å². The van der Waals surface area contributed by atoms with Gasteiger partial charge in [0.15, 0.2) is 0 Å². The van der Waals surface area contributed by atoms with Crippen molar-refractivity contribution in [3.05, 3.63) is 31.6 Å². The van der Waals surface area contributed by atoms with Crippen LogP contribution in [-0.4, -0.2) is 30.0 Å². The maximum Gasteiger partial charge on any atom is 0.329 e. The third kappa shape index (κ3) is 3.70. The quantitative estimate of drug-likeness (QED) is 0.838. The molecule has 6 nitrogen and oxygen atoms in total. The molecule has 1 N–H and O–H groups in total. The van der Waals surface area contributed by atoms with E-state index in [4.69, 9.17) is 11.6 Å². The van der Waals surface area contributed by atoms with Crippen molar-refractivity contribution in [3.8, 4) is 0 Å². The smallest absolute Gasteiger partial charge is 0.297 e. The van der Waals surface area contributed by atoms with E-state index in [0.717, 1.165) is 10.8 Å². The Bertz CT molecular complexity index is 688. The molecule has 0 radical (unpaired) electrons. The van der Waals surface area contributed by atoms with Crippen molar-refractivity contribution in [2.24, 2.45) is 0 Å². The Morgan fingerprint density at radius 2 is 1.79 bits per heavy atom. The molecule has 1 atom stereocenters. The molecule has 1 aromatic heterocycles. The second-order valence-corrected chi connectivity index (χ2v) is 7.49. The number of hydrogen-bond acceptors (Lipinski definition) is 4. The highest BCUT2D eigenvalue weighted by Crippen LogP contribution is 2.17. The van der Waals surface area contributed by atoms with Crippen LogP contribution in [0.4, 0.5) is 0 Å². The Hall–Kier alpha value is -1.08. The number of nitrogens with one attached hydrogen (secondary N) is 1. The molecule has 0 saturated carbocycles. The van der Waals surface area contributed by atoms with Gasteiger partial charge in [-0.1, -0.05) is 25.4 Å². The average molecular weight is 309 g/mol. The fourth-order valence-electron chi connectivity index (χ4n) is 1.95. The summed E-state index contributed by atoms with van der Waals surface area (Å²) in [5.74, 6) is -0.455. The Balaban J connectivity index is 3.49. The molecule has 1 rings (SSSR count). The van der Waals surface area contributed by atoms with E-state index in [-0.39, 0.29) is 22.4 Å². The first-order chi connectivity index (χ1) is 8.54. The van der Waals surface area contributed by atoms with Crippen molar-refractivity contribution in [1.29, 1.82) is 0 Å². The highest BCUT2D eigenvalue weighted by atomic mass is 35.5. The SMILES string of the molecule is CC(C)c1c(Cl)[nH]c(=O)n(C(C)CS(C)(=O)=O)c1=O. The number of rotatable bonds is 4. The summed E-state index contributed by atoms with van der Waals surface area (Å²) < 4.78 is 23.4. The van der Waals surface area contributed by atoms with E-state index in [1.54, 1.807) is 13.8 Å². The Kier molecular flexibility index (Phi) is 4.63. The monoisotopic (exact) mass is 308 g/mol. The van der Waals surface area contributed by atoms with Crippen molar-refractivity contribution in [2.75, 3.05) is 12.0 Å². The first-order valence-corrected chi connectivity index (χ1v) is 8.20. The van der Waals surface area contributed by atoms with Crippen molar-refractivity contribution in [2.45, 2.75) is 32.7 Å². The molecule has 0 aliphatic heterocycles. The summed E-state index contributed by atoms with van der Waals surface area (Å²) in [6.45, 7) is 5.05. The maximum atomic E-state index is 12.2. The molecule has 1 heterocycles. The molecule has 0 bridgehead atoms. The van der Waals surface area contributed by atoms with Crippen LogP contribution < -0.4 is 11.2 Å². The molecular formula is C11H17ClN2O4S. The zero-order valence-corrected chi connectivity index (χ0v) is 12.8. The second-order valence-electron chi connectivity index (χ2n) is 4.93. The van der Waals surface area contributed by atoms with Gasteiger partial charge in [0.1, 0.15) is 15.0 Å². The van der Waals surface area contributed by atoms with Crippen LogP contribution in [0.2, 0.25) is 5.15 Å². The van der Waals surface area contributed by atoms with Crippen molar-refractivity contribution >= 4 is 21.4 Å². The third-order valence-corrected chi connectivity index (χ3v) is 4.07. The van der Waals surface area contributed by atoms with Gasteiger partial charge in [-0.15, -0.1) is 0 Å². The van der Waals surface area contributed by atoms with Crippen LogP contribution in [-0.2, 0) is 9.84 Å². The fourth-order valence-corrected chi connectivity index (χ4v) is 3.36. The lowest BCUT2D eigenvalue weighted by Crippen LogP contribution is -2.41. The van der Waals surface area contributed by atoms with E-state index in [9.17, 15) is 18.0 Å². The van der Waals surface area contributed by atoms with E-state index < -0.39 is 27.1 Å². The zero-order chi connectivity index (χ0) is 15.0. The maximum absolute atomic E-state index is 12.2. The average Bonchev–Trinajstić information content (AvgIpc) is 2.11. The van der Waals surface area contributed by atoms with Gasteiger partial charge < -0.3 is 0 Å². The van der Waals surface area contributed by atoms with Gasteiger partial charge in [0.2, 0.25) is 0 Å². The van der Waals surface area contributed by atoms with Crippen LogP contribution in [0, 0.1) is 0 Å². The van der Waals surface area contributed by atoms with Crippen LogP contribution in [0.15, 0.2) is 9.59 Å². The Labute approximate surface area is 116 Å². The predicted molar refractivity (Wildman–Crippen MR) is 74.8 cm³/mol. The standard InChI is InChI=1S/C11H17ClN2O4S/c1-6(2)8-9(12)13-11(16)14(10(8)15)7(3)5-19(4,17)18/h6-7H,5H2,1-4H3,(H,13,16). The number of H-pyrrole nitrogens is 1. The number of aromatic amines is 1. The van der Waals surface area contributed by atoms with E-state index in [1.807, 2.05) is 0 Å². The number of nitrogens with zero attached hydrogens (tertiary/aromatic N) is 1.